The van der Waals surface area contributed by atoms with Crippen LogP contribution in [0.25, 0.3) is 0 Å². The molecule has 0 saturated heterocycles. The lowest BCUT2D eigenvalue weighted by Gasteiger charge is -2.13. The molecule has 0 bridgehead atoms. The number of nitro groups is 1. The van der Waals surface area contributed by atoms with Crippen molar-refractivity contribution < 1.29 is 24.4 Å². The largest absolute Gasteiger partial charge is 0.480 e. The maximum Gasteiger partial charge on any atom is 0.328 e. The molecule has 0 aliphatic carbocycles. The summed E-state index contributed by atoms with van der Waals surface area (Å²) in [7, 11) is 1.31. The molecule has 8 nitrogen and oxygen atoms in total. The Hall–Kier alpha value is -2.19. The van der Waals surface area contributed by atoms with Crippen molar-refractivity contribution in [1.29, 1.82) is 0 Å². The molecule has 21 heavy (non-hydrogen) atoms. The van der Waals surface area contributed by atoms with Crippen LogP contribution in [0.2, 0.25) is 5.02 Å². The van der Waals surface area contributed by atoms with E-state index in [1.54, 1.807) is 0 Å². The van der Waals surface area contributed by atoms with E-state index in [4.69, 9.17) is 16.7 Å². The van der Waals surface area contributed by atoms with Crippen LogP contribution < -0.4 is 5.32 Å². The van der Waals surface area contributed by atoms with Crippen LogP contribution in [0.4, 0.5) is 5.69 Å². The van der Waals surface area contributed by atoms with E-state index in [1.807, 2.05) is 0 Å². The number of carboxylic acids is 1. The lowest BCUT2D eigenvalue weighted by molar-refractivity contribution is -0.384. The monoisotopic (exact) mass is 316 g/mol. The van der Waals surface area contributed by atoms with Gasteiger partial charge in [-0.15, -0.1) is 0 Å². The number of benzene rings is 1. The molecular weight excluding hydrogens is 304 g/mol. The maximum absolute atomic E-state index is 11.8. The SMILES string of the molecule is COCC(NC(=O)Cc1ccc([N+](=O)[O-])cc1Cl)C(=O)O. The number of carboxylic acid groups (broad SMARTS) is 1. The predicted molar refractivity (Wildman–Crippen MR) is 73.3 cm³/mol. The smallest absolute Gasteiger partial charge is 0.328 e. The van der Waals surface area contributed by atoms with Gasteiger partial charge in [0, 0.05) is 19.2 Å². The third kappa shape index (κ3) is 5.01. The van der Waals surface area contributed by atoms with E-state index in [0.29, 0.717) is 5.56 Å². The number of ether oxygens (including phenoxy) is 1. The van der Waals surface area contributed by atoms with Crippen LogP contribution in [0.15, 0.2) is 18.2 Å². The Kier molecular flexibility index (Phi) is 6.07. The highest BCUT2D eigenvalue weighted by Gasteiger charge is 2.20. The number of amides is 1. The zero-order chi connectivity index (χ0) is 16.0. The summed E-state index contributed by atoms with van der Waals surface area (Å²) in [5.74, 6) is -1.80. The lowest BCUT2D eigenvalue weighted by Crippen LogP contribution is -2.44. The Bertz CT molecular complexity index is 563. The Morgan fingerprint density at radius 2 is 2.19 bits per heavy atom. The Balaban J connectivity index is 2.74. The van der Waals surface area contributed by atoms with Gasteiger partial charge in [0.05, 0.1) is 23.0 Å². The van der Waals surface area contributed by atoms with Gasteiger partial charge in [0.2, 0.25) is 5.91 Å². The molecule has 0 aromatic heterocycles. The fourth-order valence-electron chi connectivity index (χ4n) is 1.55. The summed E-state index contributed by atoms with van der Waals surface area (Å²) in [5, 5.41) is 21.8. The summed E-state index contributed by atoms with van der Waals surface area (Å²) in [6.07, 6.45) is -0.190. The van der Waals surface area contributed by atoms with E-state index < -0.39 is 22.8 Å². The highest BCUT2D eigenvalue weighted by molar-refractivity contribution is 6.31. The maximum atomic E-state index is 11.8. The molecule has 0 fully saturated rings. The molecule has 1 aromatic rings. The van der Waals surface area contributed by atoms with Gasteiger partial charge in [-0.25, -0.2) is 4.79 Å². The van der Waals surface area contributed by atoms with Crippen LogP contribution in [0.1, 0.15) is 5.56 Å². The van der Waals surface area contributed by atoms with Crippen molar-refractivity contribution in [2.24, 2.45) is 0 Å². The number of nitro benzene ring substituents is 1. The van der Waals surface area contributed by atoms with Crippen molar-refractivity contribution in [1.82, 2.24) is 5.32 Å². The molecule has 1 atom stereocenters. The van der Waals surface area contributed by atoms with Crippen molar-refractivity contribution in [3.8, 4) is 0 Å². The van der Waals surface area contributed by atoms with Gasteiger partial charge >= 0.3 is 5.97 Å². The highest BCUT2D eigenvalue weighted by Crippen LogP contribution is 2.22. The van der Waals surface area contributed by atoms with Crippen molar-refractivity contribution in [2.75, 3.05) is 13.7 Å². The lowest BCUT2D eigenvalue weighted by atomic mass is 10.1. The van der Waals surface area contributed by atoms with E-state index in [0.717, 1.165) is 6.07 Å². The number of carbonyl (C=O) groups is 2. The Morgan fingerprint density at radius 1 is 1.52 bits per heavy atom. The molecule has 0 saturated carbocycles. The van der Waals surface area contributed by atoms with Crippen LogP contribution in [-0.2, 0) is 20.7 Å². The molecule has 0 aliphatic rings. The van der Waals surface area contributed by atoms with Crippen LogP contribution in [0.5, 0.6) is 0 Å². The zero-order valence-corrected chi connectivity index (χ0v) is 11.8. The number of nitrogens with one attached hydrogen (secondary N) is 1. The summed E-state index contributed by atoms with van der Waals surface area (Å²) in [5.41, 5.74) is 0.174. The first-order chi connectivity index (χ1) is 9.85. The van der Waals surface area contributed by atoms with Crippen molar-refractivity contribution in [3.63, 3.8) is 0 Å². The number of carbonyl (C=O) groups excluding carboxylic acids is 1. The number of hydrogen-bond acceptors (Lipinski definition) is 5. The van der Waals surface area contributed by atoms with Gasteiger partial charge in [-0.1, -0.05) is 17.7 Å². The number of rotatable bonds is 7. The fraction of sp³-hybridized carbons (Fsp3) is 0.333. The molecule has 0 radical (unpaired) electrons. The van der Waals surface area contributed by atoms with Crippen molar-refractivity contribution >= 4 is 29.2 Å². The molecule has 1 amide bonds. The quantitative estimate of drug-likeness (QED) is 0.572. The average molecular weight is 317 g/mol. The first-order valence-corrected chi connectivity index (χ1v) is 6.17. The molecule has 1 unspecified atom stereocenters. The number of halogens is 1. The molecule has 0 heterocycles. The van der Waals surface area contributed by atoms with Gasteiger partial charge in [0.25, 0.3) is 5.69 Å². The number of aliphatic carboxylic acids is 1. The number of hydrogen-bond donors (Lipinski definition) is 2. The van der Waals surface area contributed by atoms with E-state index in [2.05, 4.69) is 10.1 Å². The number of non-ortho nitro benzene ring substituents is 1. The normalized spacial score (nSPS) is 11.7. The minimum atomic E-state index is -1.22. The first-order valence-electron chi connectivity index (χ1n) is 5.79. The van der Waals surface area contributed by atoms with E-state index in [-0.39, 0.29) is 23.7 Å². The average Bonchev–Trinajstić information content (AvgIpc) is 2.40. The zero-order valence-electron chi connectivity index (χ0n) is 11.0. The molecular formula is C12H13ClN2O6. The minimum Gasteiger partial charge on any atom is -0.480 e. The van der Waals surface area contributed by atoms with Crippen molar-refractivity contribution in [3.05, 3.63) is 38.9 Å². The second kappa shape index (κ2) is 7.55. The second-order valence-electron chi connectivity index (χ2n) is 4.12. The van der Waals surface area contributed by atoms with Gasteiger partial charge in [0.1, 0.15) is 0 Å². The number of methoxy groups -OCH3 is 1. The standard InChI is InChI=1S/C12H13ClN2O6/c1-21-6-10(12(17)18)14-11(16)4-7-2-3-8(15(19)20)5-9(7)13/h2-3,5,10H,4,6H2,1H3,(H,14,16)(H,17,18). The Labute approximate surface area is 124 Å². The van der Waals surface area contributed by atoms with Gasteiger partial charge in [-0.05, 0) is 5.56 Å². The van der Waals surface area contributed by atoms with Crippen LogP contribution in [0, 0.1) is 10.1 Å². The van der Waals surface area contributed by atoms with Crippen LogP contribution >= 0.6 is 11.6 Å². The molecule has 2 N–H and O–H groups in total. The second-order valence-corrected chi connectivity index (χ2v) is 4.53. The van der Waals surface area contributed by atoms with Gasteiger partial charge in [-0.3, -0.25) is 14.9 Å². The third-order valence-electron chi connectivity index (χ3n) is 2.57. The minimum absolute atomic E-state index is 0.0676. The summed E-state index contributed by atoms with van der Waals surface area (Å²) < 4.78 is 4.69. The van der Waals surface area contributed by atoms with E-state index in [9.17, 15) is 19.7 Å². The van der Waals surface area contributed by atoms with Gasteiger partial charge in [0.15, 0.2) is 6.04 Å². The third-order valence-corrected chi connectivity index (χ3v) is 2.92. The first kappa shape index (κ1) is 16.9. The van der Waals surface area contributed by atoms with Crippen molar-refractivity contribution in [2.45, 2.75) is 12.5 Å². The summed E-state index contributed by atoms with van der Waals surface area (Å²) >= 11 is 5.85. The molecule has 9 heteroatoms. The predicted octanol–water partition coefficient (Wildman–Crippen LogP) is 1.01. The van der Waals surface area contributed by atoms with Crippen LogP contribution in [0.3, 0.4) is 0 Å². The molecule has 1 aromatic carbocycles. The molecule has 114 valence electrons. The topological polar surface area (TPSA) is 119 Å². The van der Waals surface area contributed by atoms with Gasteiger partial charge < -0.3 is 15.2 Å². The molecule has 1 rings (SSSR count). The summed E-state index contributed by atoms with van der Waals surface area (Å²) in [6, 6.07) is 2.54. The van der Waals surface area contributed by atoms with E-state index >= 15 is 0 Å². The highest BCUT2D eigenvalue weighted by atomic mass is 35.5. The van der Waals surface area contributed by atoms with Crippen LogP contribution in [-0.4, -0.2) is 41.7 Å². The molecule has 0 aliphatic heterocycles. The summed E-state index contributed by atoms with van der Waals surface area (Å²) in [4.78, 5) is 32.6. The van der Waals surface area contributed by atoms with Gasteiger partial charge in [-0.2, -0.15) is 0 Å². The summed E-state index contributed by atoms with van der Waals surface area (Å²) in [6.45, 7) is -0.172. The molecule has 0 spiro atoms. The fourth-order valence-corrected chi connectivity index (χ4v) is 1.79. The van der Waals surface area contributed by atoms with E-state index in [1.165, 1.54) is 19.2 Å². The number of nitrogens with zero attached hydrogens (tertiary/aromatic N) is 1. The Morgan fingerprint density at radius 3 is 2.67 bits per heavy atom.